The molecule has 0 bridgehead atoms. The van der Waals surface area contributed by atoms with E-state index in [-0.39, 0.29) is 5.97 Å². The third-order valence-electron chi connectivity index (χ3n) is 2.86. The largest absolute Gasteiger partial charge is 0.466 e. The molecule has 1 aliphatic carbocycles. The van der Waals surface area contributed by atoms with Crippen molar-refractivity contribution in [1.82, 2.24) is 10.2 Å². The van der Waals surface area contributed by atoms with Crippen LogP contribution in [0.1, 0.15) is 26.7 Å². The van der Waals surface area contributed by atoms with Crippen LogP contribution >= 0.6 is 0 Å². The summed E-state index contributed by atoms with van der Waals surface area (Å²) in [6.45, 7) is 8.29. The van der Waals surface area contributed by atoms with Crippen molar-refractivity contribution in [2.45, 2.75) is 26.7 Å². The Labute approximate surface area is 110 Å². The molecule has 0 atom stereocenters. The molecular weight excluding hydrogens is 228 g/mol. The molecule has 0 aromatic carbocycles. The highest BCUT2D eigenvalue weighted by molar-refractivity contribution is 5.65. The monoisotopic (exact) mass is 252 g/mol. The van der Waals surface area contributed by atoms with Crippen LogP contribution < -0.4 is 5.32 Å². The molecule has 4 nitrogen and oxygen atoms in total. The summed E-state index contributed by atoms with van der Waals surface area (Å²) >= 11 is 0. The normalized spacial score (nSPS) is 18.6. The number of piperazine rings is 1. The third-order valence-corrected chi connectivity index (χ3v) is 2.86. The van der Waals surface area contributed by atoms with Gasteiger partial charge in [0, 0.05) is 38.8 Å². The van der Waals surface area contributed by atoms with Gasteiger partial charge in [0.05, 0.1) is 6.61 Å². The lowest BCUT2D eigenvalue weighted by atomic mass is 10.1. The van der Waals surface area contributed by atoms with Crippen LogP contribution in [0.25, 0.3) is 0 Å². The maximum atomic E-state index is 9.82. The van der Waals surface area contributed by atoms with Crippen LogP contribution in [0.2, 0.25) is 0 Å². The summed E-state index contributed by atoms with van der Waals surface area (Å²) in [4.78, 5) is 12.3. The molecular formula is C14H24N2O2. The minimum atomic E-state index is -0.211. The van der Waals surface area contributed by atoms with Crippen molar-refractivity contribution in [2.75, 3.05) is 32.8 Å². The Bertz CT molecular complexity index is 305. The number of rotatable bonds is 2. The van der Waals surface area contributed by atoms with Gasteiger partial charge in [-0.05, 0) is 25.8 Å². The lowest BCUT2D eigenvalue weighted by Crippen LogP contribution is -2.42. The van der Waals surface area contributed by atoms with Crippen molar-refractivity contribution in [3.05, 3.63) is 23.9 Å². The van der Waals surface area contributed by atoms with E-state index >= 15 is 0 Å². The van der Waals surface area contributed by atoms with Crippen LogP contribution in [0.5, 0.6) is 0 Å². The summed E-state index contributed by atoms with van der Waals surface area (Å²) in [7, 11) is 0. The second kappa shape index (κ2) is 8.75. The van der Waals surface area contributed by atoms with Crippen LogP contribution in [-0.2, 0) is 9.53 Å². The number of hydrogen-bond acceptors (Lipinski definition) is 4. The maximum absolute atomic E-state index is 9.82. The van der Waals surface area contributed by atoms with Gasteiger partial charge in [0.1, 0.15) is 0 Å². The van der Waals surface area contributed by atoms with Gasteiger partial charge in [0.2, 0.25) is 0 Å². The average Bonchev–Trinajstić information content (AvgIpc) is 2.41. The summed E-state index contributed by atoms with van der Waals surface area (Å²) in [5.41, 5.74) is 1.53. The van der Waals surface area contributed by atoms with E-state index in [9.17, 15) is 4.79 Å². The van der Waals surface area contributed by atoms with E-state index < -0.39 is 0 Å². The second-order valence-electron chi connectivity index (χ2n) is 4.29. The Morgan fingerprint density at radius 3 is 2.61 bits per heavy atom. The Kier molecular flexibility index (Phi) is 7.18. The van der Waals surface area contributed by atoms with Gasteiger partial charge in [-0.15, -0.1) is 0 Å². The molecule has 0 saturated carbocycles. The van der Waals surface area contributed by atoms with Crippen LogP contribution in [-0.4, -0.2) is 43.7 Å². The number of nitrogens with one attached hydrogen (secondary N) is 1. The zero-order valence-electron chi connectivity index (χ0n) is 11.4. The molecule has 1 saturated heterocycles. The van der Waals surface area contributed by atoms with Gasteiger partial charge in [0.25, 0.3) is 0 Å². The van der Waals surface area contributed by atoms with E-state index in [1.54, 1.807) is 6.92 Å². The Morgan fingerprint density at radius 1 is 1.44 bits per heavy atom. The SMILES string of the molecule is C1=CCCC(N2CCNCC2)=C1.CCOC(C)=O. The topological polar surface area (TPSA) is 41.6 Å². The number of carbonyl (C=O) groups is 1. The minimum Gasteiger partial charge on any atom is -0.466 e. The van der Waals surface area contributed by atoms with Crippen LogP contribution in [0.3, 0.4) is 0 Å². The molecule has 1 aliphatic heterocycles. The van der Waals surface area contributed by atoms with E-state index in [0.717, 1.165) is 13.1 Å². The lowest BCUT2D eigenvalue weighted by Gasteiger charge is -2.32. The molecule has 2 aliphatic rings. The predicted octanol–water partition coefficient (Wildman–Crippen LogP) is 1.69. The Hall–Kier alpha value is -1.29. The molecule has 1 N–H and O–H groups in total. The summed E-state index contributed by atoms with van der Waals surface area (Å²) in [6, 6.07) is 0. The first kappa shape index (κ1) is 14.8. The number of esters is 1. The Morgan fingerprint density at radius 2 is 2.17 bits per heavy atom. The van der Waals surface area contributed by atoms with E-state index in [1.165, 1.54) is 38.6 Å². The van der Waals surface area contributed by atoms with Crippen molar-refractivity contribution in [2.24, 2.45) is 0 Å². The predicted molar refractivity (Wildman–Crippen MR) is 73.2 cm³/mol. The molecule has 1 fully saturated rings. The fourth-order valence-electron chi connectivity index (χ4n) is 2.01. The van der Waals surface area contributed by atoms with Crippen molar-refractivity contribution in [3.8, 4) is 0 Å². The number of ether oxygens (including phenoxy) is 1. The number of carbonyl (C=O) groups excluding carboxylic acids is 1. The van der Waals surface area contributed by atoms with E-state index in [1.807, 2.05) is 0 Å². The Balaban J connectivity index is 0.000000232. The van der Waals surface area contributed by atoms with Crippen molar-refractivity contribution < 1.29 is 9.53 Å². The molecule has 0 aromatic heterocycles. The zero-order chi connectivity index (χ0) is 13.2. The number of allylic oxidation sites excluding steroid dienone is 4. The fraction of sp³-hybridized carbons (Fsp3) is 0.643. The standard InChI is InChI=1S/C10H16N2.C4H8O2/c1-2-4-10(5-3-1)12-8-6-11-7-9-12;1-3-6-4(2)5/h1-2,4,11H,3,5-9H2;3H2,1-2H3. The number of hydrogen-bond donors (Lipinski definition) is 1. The molecule has 0 amide bonds. The van der Waals surface area contributed by atoms with Gasteiger partial charge < -0.3 is 15.0 Å². The van der Waals surface area contributed by atoms with Gasteiger partial charge in [-0.2, -0.15) is 0 Å². The molecule has 0 unspecified atom stereocenters. The van der Waals surface area contributed by atoms with Gasteiger partial charge in [-0.25, -0.2) is 0 Å². The first-order chi connectivity index (χ1) is 8.74. The molecule has 102 valence electrons. The summed E-state index contributed by atoms with van der Waals surface area (Å²) in [5, 5.41) is 3.37. The van der Waals surface area contributed by atoms with Crippen molar-refractivity contribution in [3.63, 3.8) is 0 Å². The fourth-order valence-corrected chi connectivity index (χ4v) is 2.01. The third kappa shape index (κ3) is 5.87. The smallest absolute Gasteiger partial charge is 0.302 e. The highest BCUT2D eigenvalue weighted by Crippen LogP contribution is 2.16. The maximum Gasteiger partial charge on any atom is 0.302 e. The zero-order valence-corrected chi connectivity index (χ0v) is 11.4. The molecule has 18 heavy (non-hydrogen) atoms. The average molecular weight is 252 g/mol. The molecule has 2 rings (SSSR count). The second-order valence-corrected chi connectivity index (χ2v) is 4.29. The first-order valence-electron chi connectivity index (χ1n) is 6.68. The van der Waals surface area contributed by atoms with Crippen LogP contribution in [0.4, 0.5) is 0 Å². The van der Waals surface area contributed by atoms with E-state index in [0.29, 0.717) is 6.61 Å². The molecule has 1 heterocycles. The molecule has 0 radical (unpaired) electrons. The van der Waals surface area contributed by atoms with Gasteiger partial charge in [-0.3, -0.25) is 4.79 Å². The van der Waals surface area contributed by atoms with Crippen LogP contribution in [0, 0.1) is 0 Å². The van der Waals surface area contributed by atoms with Crippen molar-refractivity contribution >= 4 is 5.97 Å². The molecule has 0 spiro atoms. The van der Waals surface area contributed by atoms with Crippen LogP contribution in [0.15, 0.2) is 23.9 Å². The molecule has 4 heteroatoms. The quantitative estimate of drug-likeness (QED) is 0.759. The van der Waals surface area contributed by atoms with Gasteiger partial charge in [0.15, 0.2) is 0 Å². The van der Waals surface area contributed by atoms with Gasteiger partial charge >= 0.3 is 5.97 Å². The number of nitrogens with zero attached hydrogens (tertiary/aromatic N) is 1. The summed E-state index contributed by atoms with van der Waals surface area (Å²) < 4.78 is 4.40. The summed E-state index contributed by atoms with van der Waals surface area (Å²) in [5.74, 6) is -0.211. The van der Waals surface area contributed by atoms with Gasteiger partial charge in [-0.1, -0.05) is 12.2 Å². The lowest BCUT2D eigenvalue weighted by molar-refractivity contribution is -0.140. The highest BCUT2D eigenvalue weighted by atomic mass is 16.5. The minimum absolute atomic E-state index is 0.211. The van der Waals surface area contributed by atoms with E-state index in [4.69, 9.17) is 0 Å². The highest BCUT2D eigenvalue weighted by Gasteiger charge is 2.12. The van der Waals surface area contributed by atoms with E-state index in [2.05, 4.69) is 33.2 Å². The molecule has 0 aromatic rings. The van der Waals surface area contributed by atoms with Crippen molar-refractivity contribution in [1.29, 1.82) is 0 Å². The summed E-state index contributed by atoms with van der Waals surface area (Å²) in [6.07, 6.45) is 9.13. The first-order valence-corrected chi connectivity index (χ1v) is 6.68.